The SMILES string of the molecule is CCC(C)C(CN)C1C(C)NC2=C(C(=O)CC(C)(C)C2)[C@]1(C)c1cccc(OC(C)C)c1. The molecule has 0 bridgehead atoms. The number of allylic oxidation sites excluding steroid dienone is 2. The van der Waals surface area contributed by atoms with Gasteiger partial charge in [0.2, 0.25) is 0 Å². The molecule has 4 unspecified atom stereocenters. The number of benzene rings is 1. The lowest BCUT2D eigenvalue weighted by Gasteiger charge is -2.54. The van der Waals surface area contributed by atoms with Gasteiger partial charge in [-0.15, -0.1) is 0 Å². The van der Waals surface area contributed by atoms with Crippen molar-refractivity contribution in [2.45, 2.75) is 92.2 Å². The van der Waals surface area contributed by atoms with E-state index in [4.69, 9.17) is 10.5 Å². The summed E-state index contributed by atoms with van der Waals surface area (Å²) in [6, 6.07) is 8.65. The van der Waals surface area contributed by atoms with Crippen LogP contribution in [0, 0.1) is 23.2 Å². The summed E-state index contributed by atoms with van der Waals surface area (Å²) < 4.78 is 6.06. The first-order chi connectivity index (χ1) is 14.9. The molecule has 0 radical (unpaired) electrons. The van der Waals surface area contributed by atoms with Gasteiger partial charge in [0.1, 0.15) is 5.75 Å². The van der Waals surface area contributed by atoms with Crippen LogP contribution in [-0.2, 0) is 10.2 Å². The molecule has 178 valence electrons. The van der Waals surface area contributed by atoms with E-state index < -0.39 is 5.41 Å². The molecule has 2 aliphatic rings. The Morgan fingerprint density at radius 3 is 2.47 bits per heavy atom. The normalized spacial score (nSPS) is 29.4. The third-order valence-corrected chi connectivity index (χ3v) is 7.92. The topological polar surface area (TPSA) is 64.3 Å². The molecule has 5 atom stereocenters. The zero-order valence-corrected chi connectivity index (χ0v) is 21.4. The van der Waals surface area contributed by atoms with Crippen LogP contribution in [-0.4, -0.2) is 24.5 Å². The van der Waals surface area contributed by atoms with E-state index in [0.717, 1.165) is 35.4 Å². The molecule has 0 amide bonds. The summed E-state index contributed by atoms with van der Waals surface area (Å²) in [7, 11) is 0. The Bertz CT molecular complexity index is 872. The molecule has 1 aliphatic heterocycles. The van der Waals surface area contributed by atoms with Crippen LogP contribution in [0.15, 0.2) is 35.5 Å². The maximum Gasteiger partial charge on any atom is 0.162 e. The number of carbonyl (C=O) groups excluding carboxylic acids is 1. The summed E-state index contributed by atoms with van der Waals surface area (Å²) in [6.07, 6.45) is 2.66. The van der Waals surface area contributed by atoms with Crippen LogP contribution in [0.3, 0.4) is 0 Å². The summed E-state index contributed by atoms with van der Waals surface area (Å²) >= 11 is 0. The molecule has 32 heavy (non-hydrogen) atoms. The minimum Gasteiger partial charge on any atom is -0.491 e. The number of hydrogen-bond donors (Lipinski definition) is 2. The summed E-state index contributed by atoms with van der Waals surface area (Å²) in [5.74, 6) is 2.13. The number of nitrogens with two attached hydrogens (primary N) is 1. The third-order valence-electron chi connectivity index (χ3n) is 7.92. The van der Waals surface area contributed by atoms with Gasteiger partial charge in [0, 0.05) is 29.1 Å². The average Bonchev–Trinajstić information content (AvgIpc) is 2.68. The summed E-state index contributed by atoms with van der Waals surface area (Å²) in [5, 5.41) is 3.79. The highest BCUT2D eigenvalue weighted by molar-refractivity contribution is 6.00. The Labute approximate surface area is 195 Å². The smallest absolute Gasteiger partial charge is 0.162 e. The summed E-state index contributed by atoms with van der Waals surface area (Å²) in [6.45, 7) is 18.2. The molecule has 1 heterocycles. The van der Waals surface area contributed by atoms with E-state index in [2.05, 4.69) is 65.1 Å². The van der Waals surface area contributed by atoms with Gasteiger partial charge >= 0.3 is 0 Å². The summed E-state index contributed by atoms with van der Waals surface area (Å²) in [5.41, 5.74) is 9.26. The second-order valence-corrected chi connectivity index (χ2v) is 11.4. The Morgan fingerprint density at radius 1 is 1.19 bits per heavy atom. The highest BCUT2D eigenvalue weighted by Gasteiger charge is 2.54. The third kappa shape index (κ3) is 4.48. The molecule has 4 nitrogen and oxygen atoms in total. The van der Waals surface area contributed by atoms with Gasteiger partial charge in [-0.2, -0.15) is 0 Å². The van der Waals surface area contributed by atoms with E-state index in [1.54, 1.807) is 0 Å². The fourth-order valence-corrected chi connectivity index (χ4v) is 6.41. The molecule has 0 saturated heterocycles. The molecule has 0 fully saturated rings. The lowest BCUT2D eigenvalue weighted by Crippen LogP contribution is -2.59. The molecular weight excluding hydrogens is 396 g/mol. The van der Waals surface area contributed by atoms with Gasteiger partial charge in [0.05, 0.1) is 6.10 Å². The van der Waals surface area contributed by atoms with Crippen LogP contribution < -0.4 is 15.8 Å². The van der Waals surface area contributed by atoms with Crippen molar-refractivity contribution in [2.75, 3.05) is 6.54 Å². The number of Topliss-reactive ketones (excluding diaryl/α,β-unsaturated/α-hetero) is 1. The minimum atomic E-state index is -0.419. The van der Waals surface area contributed by atoms with Gasteiger partial charge in [-0.05, 0) is 74.6 Å². The zero-order chi connectivity index (χ0) is 23.8. The molecule has 3 rings (SSSR count). The first-order valence-electron chi connectivity index (χ1n) is 12.4. The van der Waals surface area contributed by atoms with Crippen LogP contribution in [0.4, 0.5) is 0 Å². The quantitative estimate of drug-likeness (QED) is 0.579. The van der Waals surface area contributed by atoms with E-state index in [9.17, 15) is 4.79 Å². The second kappa shape index (κ2) is 9.21. The molecule has 0 aromatic heterocycles. The van der Waals surface area contributed by atoms with Gasteiger partial charge in [-0.25, -0.2) is 0 Å². The van der Waals surface area contributed by atoms with Crippen molar-refractivity contribution in [1.82, 2.24) is 5.32 Å². The highest BCUT2D eigenvalue weighted by atomic mass is 16.5. The standard InChI is InChI=1S/C28H44N2O2/c1-9-18(4)22(16-29)25-19(5)30-23-14-27(6,7)15-24(31)26(23)28(25,8)20-11-10-12-21(13-20)32-17(2)3/h10-13,17-19,22,25,30H,9,14-16,29H2,1-8H3/t18?,19?,22?,25?,28-/m1/s1. The lowest BCUT2D eigenvalue weighted by molar-refractivity contribution is -0.119. The van der Waals surface area contributed by atoms with E-state index in [1.165, 1.54) is 0 Å². The van der Waals surface area contributed by atoms with E-state index in [1.807, 2.05) is 19.9 Å². The predicted molar refractivity (Wildman–Crippen MR) is 133 cm³/mol. The molecule has 1 aromatic carbocycles. The number of rotatable bonds is 7. The van der Waals surface area contributed by atoms with Gasteiger partial charge < -0.3 is 15.8 Å². The maximum atomic E-state index is 13.7. The number of ketones is 1. The summed E-state index contributed by atoms with van der Waals surface area (Å²) in [4.78, 5) is 13.7. The number of nitrogens with one attached hydrogen (secondary N) is 1. The first-order valence-corrected chi connectivity index (χ1v) is 12.4. The second-order valence-electron chi connectivity index (χ2n) is 11.4. The average molecular weight is 441 g/mol. The Balaban J connectivity index is 2.26. The van der Waals surface area contributed by atoms with Gasteiger partial charge in [-0.3, -0.25) is 4.79 Å². The van der Waals surface area contributed by atoms with E-state index in [0.29, 0.717) is 24.8 Å². The van der Waals surface area contributed by atoms with Gasteiger partial charge in [0.15, 0.2) is 5.78 Å². The first kappa shape index (κ1) is 24.8. The van der Waals surface area contributed by atoms with Crippen LogP contribution in [0.1, 0.15) is 80.2 Å². The fraction of sp³-hybridized carbons (Fsp3) is 0.679. The van der Waals surface area contributed by atoms with E-state index >= 15 is 0 Å². The van der Waals surface area contributed by atoms with E-state index in [-0.39, 0.29) is 29.3 Å². The molecular formula is C28H44N2O2. The van der Waals surface area contributed by atoms with Gasteiger partial charge in [0.25, 0.3) is 0 Å². The number of hydrogen-bond acceptors (Lipinski definition) is 4. The Kier molecular flexibility index (Phi) is 7.14. The molecule has 3 N–H and O–H groups in total. The van der Waals surface area contributed by atoms with Crippen LogP contribution in [0.25, 0.3) is 0 Å². The maximum absolute atomic E-state index is 13.7. The molecule has 0 spiro atoms. The largest absolute Gasteiger partial charge is 0.491 e. The highest BCUT2D eigenvalue weighted by Crippen LogP contribution is 2.54. The van der Waals surface area contributed by atoms with Crippen molar-refractivity contribution in [2.24, 2.45) is 28.9 Å². The van der Waals surface area contributed by atoms with Gasteiger partial charge in [-0.1, -0.05) is 53.2 Å². The Morgan fingerprint density at radius 2 is 1.88 bits per heavy atom. The molecule has 1 aromatic rings. The zero-order valence-electron chi connectivity index (χ0n) is 21.4. The molecule has 1 aliphatic carbocycles. The van der Waals surface area contributed by atoms with Crippen molar-refractivity contribution in [3.8, 4) is 5.75 Å². The molecule has 0 saturated carbocycles. The minimum absolute atomic E-state index is 0.0248. The van der Waals surface area contributed by atoms with Crippen LogP contribution in [0.5, 0.6) is 5.75 Å². The lowest BCUT2D eigenvalue weighted by atomic mass is 9.53. The number of carbonyl (C=O) groups is 1. The van der Waals surface area contributed by atoms with Crippen molar-refractivity contribution in [1.29, 1.82) is 0 Å². The monoisotopic (exact) mass is 440 g/mol. The van der Waals surface area contributed by atoms with Crippen molar-refractivity contribution < 1.29 is 9.53 Å². The van der Waals surface area contributed by atoms with Crippen LogP contribution in [0.2, 0.25) is 0 Å². The fourth-order valence-electron chi connectivity index (χ4n) is 6.41. The predicted octanol–water partition coefficient (Wildman–Crippen LogP) is 5.60. The van der Waals surface area contributed by atoms with Crippen molar-refractivity contribution in [3.63, 3.8) is 0 Å². The Hall–Kier alpha value is -1.81. The van der Waals surface area contributed by atoms with Crippen molar-refractivity contribution in [3.05, 3.63) is 41.1 Å². The molecule has 4 heteroatoms. The van der Waals surface area contributed by atoms with Crippen LogP contribution >= 0.6 is 0 Å². The number of ether oxygens (including phenoxy) is 1. The van der Waals surface area contributed by atoms with Crippen molar-refractivity contribution >= 4 is 5.78 Å².